The second kappa shape index (κ2) is 10.8. The highest BCUT2D eigenvalue weighted by Gasteiger charge is 2.24. The lowest BCUT2D eigenvalue weighted by atomic mass is 10.2. The van der Waals surface area contributed by atoms with Gasteiger partial charge < -0.3 is 9.47 Å². The van der Waals surface area contributed by atoms with Crippen LogP contribution in [0.15, 0.2) is 12.2 Å². The van der Waals surface area contributed by atoms with Crippen LogP contribution in [-0.4, -0.2) is 29.5 Å². The standard InChI is InChI=1S/C16H27BrO4/c1-13(2)9-8-12-20-14(18)10-6-5-7-11-21-15(19)16(3,4)17/h1,5-12H2,2-4H3. The Morgan fingerprint density at radius 1 is 1.00 bits per heavy atom. The summed E-state index contributed by atoms with van der Waals surface area (Å²) in [6.45, 7) is 10.1. The summed E-state index contributed by atoms with van der Waals surface area (Å²) in [4.78, 5) is 22.9. The predicted octanol–water partition coefficient (Wildman–Crippen LogP) is 4.16. The highest BCUT2D eigenvalue weighted by Crippen LogP contribution is 2.17. The maximum Gasteiger partial charge on any atom is 0.322 e. The fourth-order valence-corrected chi connectivity index (χ4v) is 1.63. The molecular formula is C16H27BrO4. The topological polar surface area (TPSA) is 52.6 Å². The van der Waals surface area contributed by atoms with Gasteiger partial charge in [-0.25, -0.2) is 0 Å². The van der Waals surface area contributed by atoms with Crippen LogP contribution in [0.1, 0.15) is 59.3 Å². The van der Waals surface area contributed by atoms with E-state index in [1.165, 1.54) is 0 Å². The minimum Gasteiger partial charge on any atom is -0.466 e. The minimum atomic E-state index is -0.638. The van der Waals surface area contributed by atoms with E-state index in [-0.39, 0.29) is 11.9 Å². The molecule has 0 atom stereocenters. The van der Waals surface area contributed by atoms with Crippen molar-refractivity contribution in [2.24, 2.45) is 0 Å². The summed E-state index contributed by atoms with van der Waals surface area (Å²) in [6, 6.07) is 0. The zero-order chi connectivity index (χ0) is 16.3. The predicted molar refractivity (Wildman–Crippen MR) is 87.4 cm³/mol. The molecule has 21 heavy (non-hydrogen) atoms. The van der Waals surface area contributed by atoms with Gasteiger partial charge in [0.2, 0.25) is 0 Å². The van der Waals surface area contributed by atoms with E-state index < -0.39 is 4.32 Å². The Hall–Kier alpha value is -0.840. The maximum atomic E-state index is 11.5. The molecule has 0 aromatic carbocycles. The summed E-state index contributed by atoms with van der Waals surface area (Å²) < 4.78 is 9.58. The number of halogens is 1. The molecule has 0 amide bonds. The first kappa shape index (κ1) is 20.2. The SMILES string of the molecule is C=C(C)CCCOC(=O)CCCCCOC(=O)C(C)(C)Br. The molecule has 0 radical (unpaired) electrons. The Kier molecular flexibility index (Phi) is 10.4. The number of carbonyl (C=O) groups excluding carboxylic acids is 2. The first-order valence-electron chi connectivity index (χ1n) is 7.39. The molecule has 0 bridgehead atoms. The summed E-state index contributed by atoms with van der Waals surface area (Å²) in [5.41, 5.74) is 1.10. The molecule has 0 aliphatic rings. The highest BCUT2D eigenvalue weighted by atomic mass is 79.9. The van der Waals surface area contributed by atoms with Crippen LogP contribution in [0.3, 0.4) is 0 Å². The van der Waals surface area contributed by atoms with Crippen molar-refractivity contribution in [2.45, 2.75) is 63.6 Å². The van der Waals surface area contributed by atoms with Gasteiger partial charge >= 0.3 is 11.9 Å². The van der Waals surface area contributed by atoms with E-state index in [2.05, 4.69) is 22.5 Å². The second-order valence-corrected chi connectivity index (χ2v) is 7.68. The number of alkyl halides is 1. The molecule has 0 saturated carbocycles. The molecule has 0 aromatic rings. The van der Waals surface area contributed by atoms with Crippen LogP contribution in [-0.2, 0) is 19.1 Å². The maximum absolute atomic E-state index is 11.5. The van der Waals surface area contributed by atoms with Crippen molar-refractivity contribution < 1.29 is 19.1 Å². The lowest BCUT2D eigenvalue weighted by Crippen LogP contribution is -2.26. The van der Waals surface area contributed by atoms with E-state index in [0.29, 0.717) is 19.6 Å². The number of unbranched alkanes of at least 4 members (excludes halogenated alkanes) is 2. The Morgan fingerprint density at radius 2 is 1.62 bits per heavy atom. The van der Waals surface area contributed by atoms with Gasteiger partial charge in [0.05, 0.1) is 13.2 Å². The van der Waals surface area contributed by atoms with Crippen molar-refractivity contribution in [1.29, 1.82) is 0 Å². The number of rotatable bonds is 11. The quantitative estimate of drug-likeness (QED) is 0.239. The number of carbonyl (C=O) groups is 2. The van der Waals surface area contributed by atoms with E-state index in [1.807, 2.05) is 6.92 Å². The van der Waals surface area contributed by atoms with Gasteiger partial charge in [-0.3, -0.25) is 9.59 Å². The average molecular weight is 363 g/mol. The molecule has 0 N–H and O–H groups in total. The number of esters is 2. The van der Waals surface area contributed by atoms with Crippen LogP contribution in [0.4, 0.5) is 0 Å². The van der Waals surface area contributed by atoms with E-state index in [9.17, 15) is 9.59 Å². The lowest BCUT2D eigenvalue weighted by molar-refractivity contribution is -0.146. The molecule has 0 heterocycles. The van der Waals surface area contributed by atoms with Gasteiger partial charge in [0, 0.05) is 6.42 Å². The molecule has 4 nitrogen and oxygen atoms in total. The second-order valence-electron chi connectivity index (χ2n) is 5.70. The van der Waals surface area contributed by atoms with Crippen LogP contribution in [0.2, 0.25) is 0 Å². The van der Waals surface area contributed by atoms with Crippen LogP contribution in [0, 0.1) is 0 Å². The number of ether oxygens (including phenoxy) is 2. The Labute approximate surface area is 136 Å². The van der Waals surface area contributed by atoms with Crippen molar-refractivity contribution in [1.82, 2.24) is 0 Å². The molecule has 0 aliphatic carbocycles. The van der Waals surface area contributed by atoms with Crippen LogP contribution in [0.25, 0.3) is 0 Å². The number of hydrogen-bond acceptors (Lipinski definition) is 4. The summed E-state index contributed by atoms with van der Waals surface area (Å²) in [6.07, 6.45) is 4.51. The molecule has 0 rings (SSSR count). The van der Waals surface area contributed by atoms with Gasteiger partial charge in [0.1, 0.15) is 4.32 Å². The van der Waals surface area contributed by atoms with Crippen molar-refractivity contribution in [2.75, 3.05) is 13.2 Å². The van der Waals surface area contributed by atoms with Gasteiger partial charge in [-0.2, -0.15) is 0 Å². The molecule has 0 fully saturated rings. The lowest BCUT2D eigenvalue weighted by Gasteiger charge is -2.14. The van der Waals surface area contributed by atoms with Gasteiger partial charge in [-0.1, -0.05) is 21.5 Å². The summed E-state index contributed by atoms with van der Waals surface area (Å²) >= 11 is 3.24. The number of hydrogen-bond donors (Lipinski definition) is 0. The normalized spacial score (nSPS) is 11.0. The first-order chi connectivity index (χ1) is 9.73. The highest BCUT2D eigenvalue weighted by molar-refractivity contribution is 9.10. The Bertz CT molecular complexity index is 345. The van der Waals surface area contributed by atoms with Crippen LogP contribution < -0.4 is 0 Å². The summed E-state index contributed by atoms with van der Waals surface area (Å²) in [5.74, 6) is -0.422. The molecule has 0 unspecified atom stereocenters. The third kappa shape index (κ3) is 12.6. The molecule has 0 spiro atoms. The van der Waals surface area contributed by atoms with Gasteiger partial charge in [-0.15, -0.1) is 6.58 Å². The zero-order valence-electron chi connectivity index (χ0n) is 13.4. The van der Waals surface area contributed by atoms with E-state index in [0.717, 1.165) is 37.7 Å². The minimum absolute atomic E-state index is 0.157. The fourth-order valence-electron chi connectivity index (χ4n) is 1.52. The van der Waals surface area contributed by atoms with Gasteiger partial charge in [-0.05, 0) is 52.9 Å². The van der Waals surface area contributed by atoms with Gasteiger partial charge in [0.15, 0.2) is 0 Å². The van der Waals surface area contributed by atoms with E-state index in [4.69, 9.17) is 9.47 Å². The molecule has 122 valence electrons. The van der Waals surface area contributed by atoms with E-state index >= 15 is 0 Å². The van der Waals surface area contributed by atoms with Gasteiger partial charge in [0.25, 0.3) is 0 Å². The Morgan fingerprint density at radius 3 is 2.19 bits per heavy atom. The zero-order valence-corrected chi connectivity index (χ0v) is 15.0. The largest absolute Gasteiger partial charge is 0.466 e. The van der Waals surface area contributed by atoms with E-state index in [1.54, 1.807) is 13.8 Å². The summed E-state index contributed by atoms with van der Waals surface area (Å²) in [5, 5.41) is 0. The van der Waals surface area contributed by atoms with Crippen LogP contribution in [0.5, 0.6) is 0 Å². The monoisotopic (exact) mass is 362 g/mol. The summed E-state index contributed by atoms with van der Waals surface area (Å²) in [7, 11) is 0. The third-order valence-corrected chi connectivity index (χ3v) is 3.08. The molecule has 5 heteroatoms. The van der Waals surface area contributed by atoms with Crippen molar-refractivity contribution in [3.8, 4) is 0 Å². The third-order valence-electron chi connectivity index (χ3n) is 2.75. The first-order valence-corrected chi connectivity index (χ1v) is 8.19. The fraction of sp³-hybridized carbons (Fsp3) is 0.750. The Balaban J connectivity index is 3.44. The van der Waals surface area contributed by atoms with Crippen molar-refractivity contribution in [3.05, 3.63) is 12.2 Å². The van der Waals surface area contributed by atoms with Crippen LogP contribution >= 0.6 is 15.9 Å². The molecule has 0 saturated heterocycles. The molecule has 0 aromatic heterocycles. The van der Waals surface area contributed by atoms with Crippen molar-refractivity contribution >= 4 is 27.9 Å². The smallest absolute Gasteiger partial charge is 0.322 e. The molecule has 0 aliphatic heterocycles. The molecular weight excluding hydrogens is 336 g/mol. The number of allylic oxidation sites excluding steroid dienone is 1. The average Bonchev–Trinajstić information content (AvgIpc) is 2.37. The van der Waals surface area contributed by atoms with Crippen molar-refractivity contribution in [3.63, 3.8) is 0 Å².